The smallest absolute Gasteiger partial charge is 0.122 e. The first kappa shape index (κ1) is 11.1. The molecule has 3 nitrogen and oxygen atoms in total. The minimum absolute atomic E-state index is 0.197. The van der Waals surface area contributed by atoms with Gasteiger partial charge in [-0.1, -0.05) is 18.2 Å². The molecule has 2 N–H and O–H groups in total. The van der Waals surface area contributed by atoms with Crippen molar-refractivity contribution < 1.29 is 9.47 Å². The van der Waals surface area contributed by atoms with Crippen molar-refractivity contribution in [2.24, 2.45) is 5.73 Å². The second-order valence-electron chi connectivity index (χ2n) is 5.25. The fourth-order valence-electron chi connectivity index (χ4n) is 3.22. The lowest BCUT2D eigenvalue weighted by Crippen LogP contribution is -2.50. The SMILES string of the molecule is COc1ccccc1CC1(N)CC2CCC1O2. The standard InChI is InChI=1S/C14H19NO2/c1-16-12-5-3-2-4-10(12)8-14(15)9-11-6-7-13(14)17-11/h2-5,11,13H,6-9,15H2,1H3. The average molecular weight is 233 g/mol. The third-order valence-electron chi connectivity index (χ3n) is 4.07. The average Bonchev–Trinajstić information content (AvgIpc) is 2.89. The van der Waals surface area contributed by atoms with Crippen LogP contribution < -0.4 is 10.5 Å². The molecule has 2 bridgehead atoms. The maximum atomic E-state index is 6.52. The Morgan fingerprint density at radius 1 is 1.41 bits per heavy atom. The van der Waals surface area contributed by atoms with Crippen LogP contribution in [0.4, 0.5) is 0 Å². The zero-order chi connectivity index (χ0) is 11.9. The van der Waals surface area contributed by atoms with Gasteiger partial charge in [0.25, 0.3) is 0 Å². The molecule has 0 spiro atoms. The molecular weight excluding hydrogens is 214 g/mol. The lowest BCUT2D eigenvalue weighted by Gasteiger charge is -2.31. The number of ether oxygens (including phenoxy) is 2. The molecule has 2 fully saturated rings. The molecule has 2 saturated heterocycles. The molecule has 2 aliphatic heterocycles. The zero-order valence-corrected chi connectivity index (χ0v) is 10.2. The first-order valence-electron chi connectivity index (χ1n) is 6.27. The third kappa shape index (κ3) is 1.83. The van der Waals surface area contributed by atoms with Gasteiger partial charge in [0.1, 0.15) is 5.75 Å². The molecule has 92 valence electrons. The van der Waals surface area contributed by atoms with Gasteiger partial charge in [0, 0.05) is 5.54 Å². The summed E-state index contributed by atoms with van der Waals surface area (Å²) in [5.74, 6) is 0.931. The molecule has 3 rings (SSSR count). The molecule has 1 aromatic rings. The van der Waals surface area contributed by atoms with Crippen molar-refractivity contribution in [1.82, 2.24) is 0 Å². The van der Waals surface area contributed by atoms with Crippen LogP contribution in [0, 0.1) is 0 Å². The maximum absolute atomic E-state index is 6.52. The molecule has 2 heterocycles. The number of para-hydroxylation sites is 1. The van der Waals surface area contributed by atoms with Crippen LogP contribution in [-0.4, -0.2) is 24.9 Å². The van der Waals surface area contributed by atoms with Gasteiger partial charge in [-0.2, -0.15) is 0 Å². The molecule has 0 saturated carbocycles. The minimum Gasteiger partial charge on any atom is -0.496 e. The summed E-state index contributed by atoms with van der Waals surface area (Å²) >= 11 is 0. The van der Waals surface area contributed by atoms with Crippen LogP contribution in [0.2, 0.25) is 0 Å². The van der Waals surface area contributed by atoms with E-state index in [1.54, 1.807) is 7.11 Å². The first-order chi connectivity index (χ1) is 8.21. The Bertz CT molecular complexity index is 420. The molecule has 2 aliphatic rings. The highest BCUT2D eigenvalue weighted by Gasteiger charge is 2.49. The number of fused-ring (bicyclic) bond motifs is 2. The van der Waals surface area contributed by atoms with Crippen molar-refractivity contribution in [1.29, 1.82) is 0 Å². The number of hydrogen-bond donors (Lipinski definition) is 1. The largest absolute Gasteiger partial charge is 0.496 e. The summed E-state index contributed by atoms with van der Waals surface area (Å²) in [6.07, 6.45) is 4.73. The van der Waals surface area contributed by atoms with Crippen LogP contribution in [0.5, 0.6) is 5.75 Å². The quantitative estimate of drug-likeness (QED) is 0.867. The fraction of sp³-hybridized carbons (Fsp3) is 0.571. The number of benzene rings is 1. The van der Waals surface area contributed by atoms with Crippen molar-refractivity contribution >= 4 is 0 Å². The van der Waals surface area contributed by atoms with E-state index >= 15 is 0 Å². The summed E-state index contributed by atoms with van der Waals surface area (Å²) < 4.78 is 11.3. The van der Waals surface area contributed by atoms with E-state index in [4.69, 9.17) is 15.2 Å². The number of methoxy groups -OCH3 is 1. The van der Waals surface area contributed by atoms with Crippen molar-refractivity contribution in [3.63, 3.8) is 0 Å². The Balaban J connectivity index is 1.83. The lowest BCUT2D eigenvalue weighted by molar-refractivity contribution is 0.0855. The van der Waals surface area contributed by atoms with Gasteiger partial charge >= 0.3 is 0 Å². The molecule has 3 atom stereocenters. The van der Waals surface area contributed by atoms with Crippen LogP contribution in [0.25, 0.3) is 0 Å². The van der Waals surface area contributed by atoms with Gasteiger partial charge in [0.2, 0.25) is 0 Å². The van der Waals surface area contributed by atoms with Gasteiger partial charge in [-0.25, -0.2) is 0 Å². The Morgan fingerprint density at radius 2 is 2.24 bits per heavy atom. The van der Waals surface area contributed by atoms with Crippen molar-refractivity contribution in [2.45, 2.75) is 43.4 Å². The van der Waals surface area contributed by atoms with Crippen molar-refractivity contribution in [3.05, 3.63) is 29.8 Å². The highest BCUT2D eigenvalue weighted by atomic mass is 16.5. The first-order valence-corrected chi connectivity index (χ1v) is 6.27. The van der Waals surface area contributed by atoms with E-state index < -0.39 is 0 Å². The normalized spacial score (nSPS) is 35.2. The maximum Gasteiger partial charge on any atom is 0.122 e. The Morgan fingerprint density at radius 3 is 2.88 bits per heavy atom. The van der Waals surface area contributed by atoms with Crippen LogP contribution in [0.3, 0.4) is 0 Å². The molecule has 1 aromatic carbocycles. The predicted molar refractivity (Wildman–Crippen MR) is 66.1 cm³/mol. The van der Waals surface area contributed by atoms with E-state index in [0.717, 1.165) is 25.0 Å². The molecular formula is C14H19NO2. The van der Waals surface area contributed by atoms with Gasteiger partial charge in [-0.15, -0.1) is 0 Å². The predicted octanol–water partition coefficient (Wildman–Crippen LogP) is 1.89. The summed E-state index contributed by atoms with van der Waals surface area (Å²) in [6, 6.07) is 8.12. The van der Waals surface area contributed by atoms with Gasteiger partial charge in [-0.3, -0.25) is 0 Å². The number of nitrogens with two attached hydrogens (primary N) is 1. The molecule has 0 aromatic heterocycles. The second kappa shape index (κ2) is 4.00. The summed E-state index contributed by atoms with van der Waals surface area (Å²) in [6.45, 7) is 0. The molecule has 0 radical (unpaired) electrons. The van der Waals surface area contributed by atoms with Gasteiger partial charge in [0.15, 0.2) is 0 Å². The zero-order valence-electron chi connectivity index (χ0n) is 10.2. The summed E-state index contributed by atoms with van der Waals surface area (Å²) in [5.41, 5.74) is 7.51. The molecule has 0 aliphatic carbocycles. The van der Waals surface area contributed by atoms with E-state index in [9.17, 15) is 0 Å². The highest BCUT2D eigenvalue weighted by molar-refractivity contribution is 5.35. The van der Waals surface area contributed by atoms with Gasteiger partial charge < -0.3 is 15.2 Å². The third-order valence-corrected chi connectivity index (χ3v) is 4.07. The molecule has 0 amide bonds. The van der Waals surface area contributed by atoms with E-state index in [0.29, 0.717) is 6.10 Å². The van der Waals surface area contributed by atoms with Crippen molar-refractivity contribution in [2.75, 3.05) is 7.11 Å². The highest BCUT2D eigenvalue weighted by Crippen LogP contribution is 2.42. The van der Waals surface area contributed by atoms with Crippen LogP contribution in [0.1, 0.15) is 24.8 Å². The minimum atomic E-state index is -0.197. The van der Waals surface area contributed by atoms with Gasteiger partial charge in [0.05, 0.1) is 19.3 Å². The van der Waals surface area contributed by atoms with E-state index in [-0.39, 0.29) is 11.6 Å². The Kier molecular flexibility index (Phi) is 2.60. The van der Waals surface area contributed by atoms with Crippen LogP contribution in [0.15, 0.2) is 24.3 Å². The molecule has 17 heavy (non-hydrogen) atoms. The lowest BCUT2D eigenvalue weighted by atomic mass is 9.78. The van der Waals surface area contributed by atoms with Crippen LogP contribution in [-0.2, 0) is 11.2 Å². The summed E-state index contributed by atoms with van der Waals surface area (Å²) in [5, 5.41) is 0. The monoisotopic (exact) mass is 233 g/mol. The van der Waals surface area contributed by atoms with Crippen LogP contribution >= 0.6 is 0 Å². The topological polar surface area (TPSA) is 44.5 Å². The fourth-order valence-corrected chi connectivity index (χ4v) is 3.22. The van der Waals surface area contributed by atoms with E-state index in [1.807, 2.05) is 18.2 Å². The van der Waals surface area contributed by atoms with Gasteiger partial charge in [-0.05, 0) is 37.3 Å². The van der Waals surface area contributed by atoms with E-state index in [2.05, 4.69) is 6.07 Å². The molecule has 3 heteroatoms. The second-order valence-corrected chi connectivity index (χ2v) is 5.25. The molecule has 3 unspecified atom stereocenters. The Hall–Kier alpha value is -1.06. The number of hydrogen-bond acceptors (Lipinski definition) is 3. The van der Waals surface area contributed by atoms with Crippen molar-refractivity contribution in [3.8, 4) is 5.75 Å². The Labute approximate surface area is 102 Å². The van der Waals surface area contributed by atoms with E-state index in [1.165, 1.54) is 12.0 Å². The summed E-state index contributed by atoms with van der Waals surface area (Å²) in [4.78, 5) is 0. The summed E-state index contributed by atoms with van der Waals surface area (Å²) in [7, 11) is 1.71. The number of rotatable bonds is 3.